The number of fused-ring (bicyclic) bond motifs is 1. The Balaban J connectivity index is 1.57. The van der Waals surface area contributed by atoms with Gasteiger partial charge in [0, 0.05) is 25.7 Å². The van der Waals surface area contributed by atoms with E-state index in [-0.39, 0.29) is 18.0 Å². The molecule has 0 spiro atoms. The van der Waals surface area contributed by atoms with Gasteiger partial charge < -0.3 is 15.5 Å². The monoisotopic (exact) mass is 343 g/mol. The van der Waals surface area contributed by atoms with Crippen LogP contribution in [-0.4, -0.2) is 42.5 Å². The lowest BCUT2D eigenvalue weighted by Crippen LogP contribution is -2.55. The maximum Gasteiger partial charge on any atom is 0.237 e. The standard InChI is InChI=1S/C21H33N3O/c1-15(2)20(14-24-10-6-7-16(3)13-24)23-21(25)19-11-17-8-4-5-9-18(17)12-22-19/h4-5,8-9,15-16,19-20,22H,6-7,10-14H2,1-3H3,(H,23,25)/t16?,19?,20-/m1/s1. The third-order valence-corrected chi connectivity index (χ3v) is 5.73. The number of hydrogen-bond donors (Lipinski definition) is 2. The number of amides is 1. The lowest BCUT2D eigenvalue weighted by Gasteiger charge is -2.36. The van der Waals surface area contributed by atoms with Crippen LogP contribution in [0.4, 0.5) is 0 Å². The molecule has 2 heterocycles. The number of likely N-dealkylation sites (tertiary alicyclic amines) is 1. The summed E-state index contributed by atoms with van der Waals surface area (Å²) in [4.78, 5) is 15.4. The fourth-order valence-electron chi connectivity index (χ4n) is 4.08. The molecule has 2 aliphatic heterocycles. The number of rotatable bonds is 5. The van der Waals surface area contributed by atoms with Crippen LogP contribution in [0.25, 0.3) is 0 Å². The van der Waals surface area contributed by atoms with E-state index in [4.69, 9.17) is 0 Å². The lowest BCUT2D eigenvalue weighted by atomic mass is 9.94. The van der Waals surface area contributed by atoms with Crippen LogP contribution in [0.5, 0.6) is 0 Å². The highest BCUT2D eigenvalue weighted by Gasteiger charge is 2.28. The molecule has 4 nitrogen and oxygen atoms in total. The first-order chi connectivity index (χ1) is 12.0. The van der Waals surface area contributed by atoms with Crippen LogP contribution in [0, 0.1) is 11.8 Å². The summed E-state index contributed by atoms with van der Waals surface area (Å²) in [6.45, 7) is 10.8. The molecule has 0 bridgehead atoms. The van der Waals surface area contributed by atoms with Crippen molar-refractivity contribution in [3.63, 3.8) is 0 Å². The third kappa shape index (κ3) is 4.83. The number of nitrogens with zero attached hydrogens (tertiary/aromatic N) is 1. The van der Waals surface area contributed by atoms with Gasteiger partial charge in [-0.25, -0.2) is 0 Å². The Bertz CT molecular complexity index is 586. The normalized spacial score (nSPS) is 25.4. The fraction of sp³-hybridized carbons (Fsp3) is 0.667. The van der Waals surface area contributed by atoms with Gasteiger partial charge in [-0.1, -0.05) is 45.0 Å². The molecule has 25 heavy (non-hydrogen) atoms. The van der Waals surface area contributed by atoms with Crippen molar-refractivity contribution in [1.29, 1.82) is 0 Å². The van der Waals surface area contributed by atoms with Gasteiger partial charge in [0.25, 0.3) is 0 Å². The average Bonchev–Trinajstić information content (AvgIpc) is 2.60. The van der Waals surface area contributed by atoms with E-state index in [1.165, 1.54) is 30.5 Å². The summed E-state index contributed by atoms with van der Waals surface area (Å²) in [5.74, 6) is 1.36. The number of hydrogen-bond acceptors (Lipinski definition) is 3. The van der Waals surface area contributed by atoms with E-state index in [9.17, 15) is 4.79 Å². The summed E-state index contributed by atoms with van der Waals surface area (Å²) >= 11 is 0. The molecule has 1 saturated heterocycles. The second-order valence-electron chi connectivity index (χ2n) is 8.27. The molecule has 1 fully saturated rings. The summed E-state index contributed by atoms with van der Waals surface area (Å²) in [7, 11) is 0. The average molecular weight is 344 g/mol. The molecular formula is C21H33N3O. The minimum Gasteiger partial charge on any atom is -0.350 e. The molecule has 0 radical (unpaired) electrons. The zero-order chi connectivity index (χ0) is 17.8. The van der Waals surface area contributed by atoms with Crippen molar-refractivity contribution in [1.82, 2.24) is 15.5 Å². The zero-order valence-corrected chi connectivity index (χ0v) is 15.9. The third-order valence-electron chi connectivity index (χ3n) is 5.73. The summed E-state index contributed by atoms with van der Waals surface area (Å²) in [6.07, 6.45) is 3.40. The summed E-state index contributed by atoms with van der Waals surface area (Å²) in [5, 5.41) is 6.74. The van der Waals surface area contributed by atoms with Crippen LogP contribution in [0.2, 0.25) is 0 Å². The van der Waals surface area contributed by atoms with Crippen molar-refractivity contribution in [2.45, 2.75) is 58.7 Å². The maximum absolute atomic E-state index is 12.8. The molecule has 1 aromatic carbocycles. The zero-order valence-electron chi connectivity index (χ0n) is 15.9. The first-order valence-electron chi connectivity index (χ1n) is 9.86. The van der Waals surface area contributed by atoms with Gasteiger partial charge >= 0.3 is 0 Å². The summed E-state index contributed by atoms with van der Waals surface area (Å²) < 4.78 is 0. The number of piperidine rings is 1. The number of carbonyl (C=O) groups excluding carboxylic acids is 1. The first-order valence-corrected chi connectivity index (χ1v) is 9.86. The molecule has 1 amide bonds. The van der Waals surface area contributed by atoms with Crippen LogP contribution in [-0.2, 0) is 17.8 Å². The maximum atomic E-state index is 12.8. The predicted molar refractivity (Wildman–Crippen MR) is 102 cm³/mol. The van der Waals surface area contributed by atoms with E-state index in [0.29, 0.717) is 5.92 Å². The Labute approximate surface area is 152 Å². The Kier molecular flexibility index (Phi) is 6.13. The van der Waals surface area contributed by atoms with E-state index < -0.39 is 0 Å². The second-order valence-corrected chi connectivity index (χ2v) is 8.27. The largest absolute Gasteiger partial charge is 0.350 e. The van der Waals surface area contributed by atoms with E-state index in [0.717, 1.165) is 32.0 Å². The SMILES string of the molecule is CC1CCCN(C[C@@H](NC(=O)C2Cc3ccccc3CN2)C(C)C)C1. The molecule has 0 aliphatic carbocycles. The quantitative estimate of drug-likeness (QED) is 0.864. The van der Waals surface area contributed by atoms with Gasteiger partial charge in [-0.2, -0.15) is 0 Å². The number of benzene rings is 1. The molecule has 3 atom stereocenters. The van der Waals surface area contributed by atoms with Crippen molar-refractivity contribution in [2.75, 3.05) is 19.6 Å². The Morgan fingerprint density at radius 2 is 2.08 bits per heavy atom. The second kappa shape index (κ2) is 8.33. The van der Waals surface area contributed by atoms with Crippen LogP contribution in [0.1, 0.15) is 44.7 Å². The Morgan fingerprint density at radius 3 is 2.80 bits per heavy atom. The molecule has 2 aliphatic rings. The van der Waals surface area contributed by atoms with Crippen LogP contribution < -0.4 is 10.6 Å². The topological polar surface area (TPSA) is 44.4 Å². The molecule has 4 heteroatoms. The van der Waals surface area contributed by atoms with E-state index in [2.05, 4.69) is 60.6 Å². The van der Waals surface area contributed by atoms with E-state index >= 15 is 0 Å². The van der Waals surface area contributed by atoms with Crippen LogP contribution in [0.3, 0.4) is 0 Å². The molecule has 0 saturated carbocycles. The minimum absolute atomic E-state index is 0.114. The van der Waals surface area contributed by atoms with Crippen LogP contribution in [0.15, 0.2) is 24.3 Å². The van der Waals surface area contributed by atoms with Gasteiger partial charge in [-0.3, -0.25) is 4.79 Å². The molecule has 138 valence electrons. The van der Waals surface area contributed by atoms with Gasteiger partial charge in [0.15, 0.2) is 0 Å². The van der Waals surface area contributed by atoms with Gasteiger partial charge in [0.05, 0.1) is 6.04 Å². The van der Waals surface area contributed by atoms with Crippen molar-refractivity contribution in [2.24, 2.45) is 11.8 Å². The first kappa shape index (κ1) is 18.4. The van der Waals surface area contributed by atoms with Crippen molar-refractivity contribution >= 4 is 5.91 Å². The fourth-order valence-corrected chi connectivity index (χ4v) is 4.08. The highest BCUT2D eigenvalue weighted by molar-refractivity contribution is 5.82. The predicted octanol–water partition coefficient (Wildman–Crippen LogP) is 2.57. The molecule has 2 unspecified atom stereocenters. The van der Waals surface area contributed by atoms with Gasteiger partial charge in [-0.05, 0) is 48.8 Å². The molecular weight excluding hydrogens is 310 g/mol. The molecule has 3 rings (SSSR count). The van der Waals surface area contributed by atoms with Crippen molar-refractivity contribution in [3.8, 4) is 0 Å². The van der Waals surface area contributed by atoms with Crippen LogP contribution >= 0.6 is 0 Å². The highest BCUT2D eigenvalue weighted by atomic mass is 16.2. The molecule has 1 aromatic rings. The Hall–Kier alpha value is -1.39. The summed E-state index contributed by atoms with van der Waals surface area (Å²) in [6, 6.07) is 8.52. The lowest BCUT2D eigenvalue weighted by molar-refractivity contribution is -0.124. The Morgan fingerprint density at radius 1 is 1.32 bits per heavy atom. The smallest absolute Gasteiger partial charge is 0.237 e. The van der Waals surface area contributed by atoms with Crippen molar-refractivity contribution < 1.29 is 4.79 Å². The van der Waals surface area contributed by atoms with Gasteiger partial charge in [-0.15, -0.1) is 0 Å². The van der Waals surface area contributed by atoms with Crippen molar-refractivity contribution in [3.05, 3.63) is 35.4 Å². The highest BCUT2D eigenvalue weighted by Crippen LogP contribution is 2.18. The van der Waals surface area contributed by atoms with E-state index in [1.54, 1.807) is 0 Å². The van der Waals surface area contributed by atoms with E-state index in [1.807, 2.05) is 0 Å². The summed E-state index contributed by atoms with van der Waals surface area (Å²) in [5.41, 5.74) is 2.61. The van der Waals surface area contributed by atoms with Gasteiger partial charge in [0.1, 0.15) is 0 Å². The minimum atomic E-state index is -0.114. The number of carbonyl (C=O) groups is 1. The van der Waals surface area contributed by atoms with Gasteiger partial charge in [0.2, 0.25) is 5.91 Å². The number of nitrogens with one attached hydrogen (secondary N) is 2. The molecule has 2 N–H and O–H groups in total. The molecule has 0 aromatic heterocycles.